The lowest BCUT2D eigenvalue weighted by Crippen LogP contribution is -2.36. The average molecular weight is 270 g/mol. The number of anilines is 1. The highest BCUT2D eigenvalue weighted by molar-refractivity contribution is 7.99. The number of aromatic nitrogens is 2. The minimum absolute atomic E-state index is 0.00159. The van der Waals surface area contributed by atoms with Crippen LogP contribution < -0.4 is 11.1 Å². The molecule has 0 unspecified atom stereocenters. The van der Waals surface area contributed by atoms with Gasteiger partial charge in [0.15, 0.2) is 5.69 Å². The maximum atomic E-state index is 12.0. The van der Waals surface area contributed by atoms with Crippen molar-refractivity contribution in [3.8, 4) is 0 Å². The number of hydrogen-bond acceptors (Lipinski definition) is 4. The first kappa shape index (κ1) is 14.9. The fourth-order valence-electron chi connectivity index (χ4n) is 1.43. The summed E-state index contributed by atoms with van der Waals surface area (Å²) in [4.78, 5) is 12.0. The van der Waals surface area contributed by atoms with Crippen molar-refractivity contribution in [1.82, 2.24) is 15.5 Å². The standard InChI is InChI=1S/C12H22N4OS/c1-7(2)9-8(13)10(16-15-9)11(17)14-6-12(3,4)18-5/h7H,6,13H2,1-5H3,(H,14,17)(H,15,16). The van der Waals surface area contributed by atoms with E-state index in [1.54, 1.807) is 11.8 Å². The van der Waals surface area contributed by atoms with E-state index in [2.05, 4.69) is 29.4 Å². The Hall–Kier alpha value is -1.17. The summed E-state index contributed by atoms with van der Waals surface area (Å²) in [5, 5.41) is 9.68. The van der Waals surface area contributed by atoms with Crippen LogP contribution in [-0.2, 0) is 0 Å². The number of H-pyrrole nitrogens is 1. The summed E-state index contributed by atoms with van der Waals surface area (Å²) < 4.78 is 0.00159. The first-order valence-corrected chi connectivity index (χ1v) is 7.18. The molecule has 0 bridgehead atoms. The third-order valence-corrected chi connectivity index (χ3v) is 4.10. The van der Waals surface area contributed by atoms with E-state index in [4.69, 9.17) is 5.73 Å². The number of hydrogen-bond donors (Lipinski definition) is 3. The molecule has 0 aromatic carbocycles. The van der Waals surface area contributed by atoms with E-state index < -0.39 is 0 Å². The molecular weight excluding hydrogens is 248 g/mol. The second-order valence-electron chi connectivity index (χ2n) is 5.20. The molecule has 0 atom stereocenters. The number of thioether (sulfide) groups is 1. The Morgan fingerprint density at radius 1 is 1.56 bits per heavy atom. The molecule has 0 spiro atoms. The molecule has 0 radical (unpaired) electrons. The van der Waals surface area contributed by atoms with Gasteiger partial charge >= 0.3 is 0 Å². The van der Waals surface area contributed by atoms with Crippen molar-refractivity contribution >= 4 is 23.4 Å². The van der Waals surface area contributed by atoms with Gasteiger partial charge in [0.2, 0.25) is 0 Å². The molecule has 0 fully saturated rings. The molecule has 0 saturated carbocycles. The monoisotopic (exact) mass is 270 g/mol. The second kappa shape index (κ2) is 5.65. The molecule has 1 heterocycles. The second-order valence-corrected chi connectivity index (χ2v) is 6.71. The SMILES string of the molecule is CSC(C)(C)CNC(=O)c1n[nH]c(C(C)C)c1N. The quantitative estimate of drug-likeness (QED) is 0.764. The van der Waals surface area contributed by atoms with Crippen molar-refractivity contribution < 1.29 is 4.79 Å². The number of amides is 1. The van der Waals surface area contributed by atoms with E-state index in [9.17, 15) is 4.79 Å². The highest BCUT2D eigenvalue weighted by atomic mass is 32.2. The lowest BCUT2D eigenvalue weighted by Gasteiger charge is -2.21. The molecule has 0 saturated heterocycles. The Morgan fingerprint density at radius 2 is 2.17 bits per heavy atom. The van der Waals surface area contributed by atoms with Crippen LogP contribution in [0.15, 0.2) is 0 Å². The normalized spacial score (nSPS) is 11.9. The largest absolute Gasteiger partial charge is 0.395 e. The number of aromatic amines is 1. The summed E-state index contributed by atoms with van der Waals surface area (Å²) in [5.74, 6) is -0.000497. The van der Waals surface area contributed by atoms with Gasteiger partial charge in [0.1, 0.15) is 0 Å². The van der Waals surface area contributed by atoms with Crippen LogP contribution in [0.25, 0.3) is 0 Å². The highest BCUT2D eigenvalue weighted by Gasteiger charge is 2.22. The van der Waals surface area contributed by atoms with Gasteiger partial charge in [-0.3, -0.25) is 9.89 Å². The van der Waals surface area contributed by atoms with Crippen molar-refractivity contribution in [3.05, 3.63) is 11.4 Å². The van der Waals surface area contributed by atoms with Crippen molar-refractivity contribution in [1.29, 1.82) is 0 Å². The number of carbonyl (C=O) groups is 1. The number of nitrogens with zero attached hydrogens (tertiary/aromatic N) is 1. The molecule has 1 rings (SSSR count). The van der Waals surface area contributed by atoms with Crippen LogP contribution >= 0.6 is 11.8 Å². The van der Waals surface area contributed by atoms with Crippen molar-refractivity contribution in [3.63, 3.8) is 0 Å². The summed E-state index contributed by atoms with van der Waals surface area (Å²) in [6.07, 6.45) is 2.02. The Balaban J connectivity index is 2.74. The van der Waals surface area contributed by atoms with E-state index >= 15 is 0 Å². The van der Waals surface area contributed by atoms with E-state index in [0.29, 0.717) is 12.2 Å². The third kappa shape index (κ3) is 3.41. The van der Waals surface area contributed by atoms with Gasteiger partial charge in [-0.1, -0.05) is 13.8 Å². The Labute approximate surface area is 112 Å². The number of nitrogen functional groups attached to an aromatic ring is 1. The van der Waals surface area contributed by atoms with Gasteiger partial charge in [-0.15, -0.1) is 0 Å². The Bertz CT molecular complexity index is 426. The minimum atomic E-state index is -0.224. The Kier molecular flexibility index (Phi) is 4.67. The fraction of sp³-hybridized carbons (Fsp3) is 0.667. The molecule has 0 aliphatic rings. The number of rotatable bonds is 5. The zero-order valence-electron chi connectivity index (χ0n) is 11.6. The van der Waals surface area contributed by atoms with Gasteiger partial charge in [-0.05, 0) is 26.0 Å². The molecule has 1 aromatic rings. The van der Waals surface area contributed by atoms with Crippen LogP contribution in [0.5, 0.6) is 0 Å². The van der Waals surface area contributed by atoms with Gasteiger partial charge in [0.05, 0.1) is 11.4 Å². The summed E-state index contributed by atoms with van der Waals surface area (Å²) in [5.41, 5.74) is 7.46. The molecular formula is C12H22N4OS. The van der Waals surface area contributed by atoms with Crippen LogP contribution in [0.2, 0.25) is 0 Å². The number of nitrogens with two attached hydrogens (primary N) is 1. The molecule has 0 aliphatic carbocycles. The maximum Gasteiger partial charge on any atom is 0.273 e. The number of carbonyl (C=O) groups excluding carboxylic acids is 1. The van der Waals surface area contributed by atoms with Gasteiger partial charge in [-0.2, -0.15) is 16.9 Å². The zero-order chi connectivity index (χ0) is 13.9. The van der Waals surface area contributed by atoms with Crippen LogP contribution in [0.3, 0.4) is 0 Å². The molecule has 4 N–H and O–H groups in total. The van der Waals surface area contributed by atoms with E-state index in [1.165, 1.54) is 0 Å². The average Bonchev–Trinajstić information content (AvgIpc) is 2.68. The van der Waals surface area contributed by atoms with E-state index in [1.807, 2.05) is 20.1 Å². The van der Waals surface area contributed by atoms with Gasteiger partial charge in [-0.25, -0.2) is 0 Å². The first-order chi connectivity index (χ1) is 8.28. The summed E-state index contributed by atoms with van der Waals surface area (Å²) in [6.45, 7) is 8.73. The first-order valence-electron chi connectivity index (χ1n) is 5.95. The van der Waals surface area contributed by atoms with Crippen LogP contribution in [0.4, 0.5) is 5.69 Å². The third-order valence-electron chi connectivity index (χ3n) is 2.85. The van der Waals surface area contributed by atoms with Crippen molar-refractivity contribution in [2.45, 2.75) is 38.4 Å². The fourth-order valence-corrected chi connectivity index (χ4v) is 1.64. The molecule has 1 aromatic heterocycles. The maximum absolute atomic E-state index is 12.0. The highest BCUT2D eigenvalue weighted by Crippen LogP contribution is 2.23. The molecule has 18 heavy (non-hydrogen) atoms. The van der Waals surface area contributed by atoms with Crippen molar-refractivity contribution in [2.75, 3.05) is 18.5 Å². The zero-order valence-corrected chi connectivity index (χ0v) is 12.4. The summed E-state index contributed by atoms with van der Waals surface area (Å²) in [7, 11) is 0. The topological polar surface area (TPSA) is 83.8 Å². The van der Waals surface area contributed by atoms with E-state index in [0.717, 1.165) is 5.69 Å². The minimum Gasteiger partial charge on any atom is -0.395 e. The molecule has 102 valence electrons. The number of nitrogens with one attached hydrogen (secondary N) is 2. The molecule has 1 amide bonds. The smallest absolute Gasteiger partial charge is 0.273 e. The van der Waals surface area contributed by atoms with Gasteiger partial charge in [0.25, 0.3) is 5.91 Å². The van der Waals surface area contributed by atoms with Crippen LogP contribution in [-0.4, -0.2) is 33.7 Å². The van der Waals surface area contributed by atoms with Crippen molar-refractivity contribution in [2.24, 2.45) is 0 Å². The summed E-state index contributed by atoms with van der Waals surface area (Å²) >= 11 is 1.70. The molecule has 5 nitrogen and oxygen atoms in total. The molecule has 0 aliphatic heterocycles. The Morgan fingerprint density at radius 3 is 2.61 bits per heavy atom. The lowest BCUT2D eigenvalue weighted by molar-refractivity contribution is 0.0946. The van der Waals surface area contributed by atoms with Crippen LogP contribution in [0, 0.1) is 0 Å². The predicted octanol–water partition coefficient (Wildman–Crippen LogP) is 1.99. The molecule has 6 heteroatoms. The predicted molar refractivity (Wildman–Crippen MR) is 77.0 cm³/mol. The van der Waals surface area contributed by atoms with Crippen LogP contribution in [0.1, 0.15) is 49.8 Å². The lowest BCUT2D eigenvalue weighted by atomic mass is 10.1. The van der Waals surface area contributed by atoms with Gasteiger partial charge in [0, 0.05) is 11.3 Å². The van der Waals surface area contributed by atoms with Gasteiger partial charge < -0.3 is 11.1 Å². The van der Waals surface area contributed by atoms with E-state index in [-0.39, 0.29) is 22.3 Å². The summed E-state index contributed by atoms with van der Waals surface area (Å²) in [6, 6.07) is 0.